The molecule has 138 valence electrons. The van der Waals surface area contributed by atoms with Gasteiger partial charge in [0.05, 0.1) is 0 Å². The first-order valence-corrected chi connectivity index (χ1v) is 9.64. The van der Waals surface area contributed by atoms with Crippen molar-refractivity contribution in [1.29, 1.82) is 0 Å². The molecule has 1 saturated heterocycles. The first-order chi connectivity index (χ1) is 12.2. The average molecular weight is 346 g/mol. The predicted octanol–water partition coefficient (Wildman–Crippen LogP) is 3.55. The summed E-state index contributed by atoms with van der Waals surface area (Å²) in [6, 6.07) is 8.16. The van der Waals surface area contributed by atoms with E-state index in [1.54, 1.807) is 0 Å². The van der Waals surface area contributed by atoms with E-state index in [9.17, 15) is 9.90 Å². The number of nitrogens with one attached hydrogen (secondary N) is 2. The lowest BCUT2D eigenvalue weighted by Crippen LogP contribution is -2.30. The number of hydrogen-bond acceptors (Lipinski definition) is 4. The van der Waals surface area contributed by atoms with Crippen molar-refractivity contribution in [3.8, 4) is 0 Å². The highest BCUT2D eigenvalue weighted by Gasteiger charge is 2.22. The molecule has 0 radical (unpaired) electrons. The maximum absolute atomic E-state index is 12.2. The minimum Gasteiger partial charge on any atom is -0.383 e. The van der Waals surface area contributed by atoms with Gasteiger partial charge in [0.2, 0.25) is 0 Å². The van der Waals surface area contributed by atoms with Crippen LogP contribution < -0.4 is 10.6 Å². The summed E-state index contributed by atoms with van der Waals surface area (Å²) in [4.78, 5) is 12.2. The fraction of sp³-hybridized carbons (Fsp3) is 0.650. The molecule has 2 fully saturated rings. The molecule has 0 unspecified atom stereocenters. The van der Waals surface area contributed by atoms with Gasteiger partial charge in [-0.1, -0.05) is 32.1 Å². The molecule has 5 heteroatoms. The number of carbonyl (C=O) groups is 1. The Hall–Kier alpha value is -1.59. The topological polar surface area (TPSA) is 70.6 Å². The number of aliphatic hydroxyl groups excluding tert-OH is 1. The number of ether oxygens (including phenoxy) is 1. The SMILES string of the molecule is O=C(Nc1ccc(NC2CCOCC2)cc1)[C@H](O)CC1CCCCC1. The van der Waals surface area contributed by atoms with E-state index in [4.69, 9.17) is 4.74 Å². The maximum atomic E-state index is 12.2. The van der Waals surface area contributed by atoms with Crippen LogP contribution in [-0.2, 0) is 9.53 Å². The molecule has 0 aromatic heterocycles. The van der Waals surface area contributed by atoms with Crippen LogP contribution in [0.3, 0.4) is 0 Å². The van der Waals surface area contributed by atoms with Crippen molar-refractivity contribution in [1.82, 2.24) is 0 Å². The normalized spacial score (nSPS) is 20.8. The molecular weight excluding hydrogens is 316 g/mol. The monoisotopic (exact) mass is 346 g/mol. The van der Waals surface area contributed by atoms with Gasteiger partial charge in [-0.05, 0) is 49.4 Å². The standard InChI is InChI=1S/C20H30N2O3/c23-19(14-15-4-2-1-3-5-15)20(24)22-17-8-6-16(7-9-17)21-18-10-12-25-13-11-18/h6-9,15,18-19,21,23H,1-5,10-14H2,(H,22,24)/t19-/m1/s1. The van der Waals surface area contributed by atoms with Crippen molar-refractivity contribution in [3.05, 3.63) is 24.3 Å². The molecule has 1 aromatic rings. The second-order valence-electron chi connectivity index (χ2n) is 7.35. The Morgan fingerprint density at radius 3 is 2.36 bits per heavy atom. The van der Waals surface area contributed by atoms with Crippen LogP contribution in [0.25, 0.3) is 0 Å². The Morgan fingerprint density at radius 2 is 1.68 bits per heavy atom. The van der Waals surface area contributed by atoms with Gasteiger partial charge in [0, 0.05) is 30.6 Å². The van der Waals surface area contributed by atoms with Crippen molar-refractivity contribution in [2.24, 2.45) is 5.92 Å². The summed E-state index contributed by atoms with van der Waals surface area (Å²) in [5, 5.41) is 16.5. The Labute approximate surface area is 150 Å². The molecule has 1 aliphatic carbocycles. The molecule has 5 nitrogen and oxygen atoms in total. The van der Waals surface area contributed by atoms with Crippen LogP contribution in [-0.4, -0.2) is 36.4 Å². The fourth-order valence-corrected chi connectivity index (χ4v) is 3.80. The third-order valence-corrected chi connectivity index (χ3v) is 5.33. The van der Waals surface area contributed by atoms with Crippen LogP contribution in [0.4, 0.5) is 11.4 Å². The lowest BCUT2D eigenvalue weighted by atomic mass is 9.85. The van der Waals surface area contributed by atoms with Crippen LogP contribution in [0.15, 0.2) is 24.3 Å². The van der Waals surface area contributed by atoms with Gasteiger partial charge in [-0.3, -0.25) is 4.79 Å². The van der Waals surface area contributed by atoms with Crippen molar-refractivity contribution < 1.29 is 14.6 Å². The van der Waals surface area contributed by atoms with E-state index in [0.717, 1.165) is 50.3 Å². The van der Waals surface area contributed by atoms with Gasteiger partial charge in [0.25, 0.3) is 5.91 Å². The summed E-state index contributed by atoms with van der Waals surface area (Å²) in [6.45, 7) is 1.62. The van der Waals surface area contributed by atoms with Crippen LogP contribution >= 0.6 is 0 Å². The Kier molecular flexibility index (Phi) is 6.70. The third-order valence-electron chi connectivity index (χ3n) is 5.33. The first-order valence-electron chi connectivity index (χ1n) is 9.64. The summed E-state index contributed by atoms with van der Waals surface area (Å²) in [6.07, 6.45) is 7.71. The van der Waals surface area contributed by atoms with E-state index in [1.807, 2.05) is 24.3 Å². The zero-order chi connectivity index (χ0) is 17.5. The average Bonchev–Trinajstić information content (AvgIpc) is 2.65. The van der Waals surface area contributed by atoms with Crippen molar-refractivity contribution >= 4 is 17.3 Å². The van der Waals surface area contributed by atoms with Gasteiger partial charge in [0.15, 0.2) is 0 Å². The number of carbonyl (C=O) groups excluding carboxylic acids is 1. The van der Waals surface area contributed by atoms with E-state index >= 15 is 0 Å². The number of aliphatic hydroxyl groups is 1. The van der Waals surface area contributed by atoms with Crippen LogP contribution in [0.5, 0.6) is 0 Å². The van der Waals surface area contributed by atoms with E-state index in [0.29, 0.717) is 18.4 Å². The second kappa shape index (κ2) is 9.20. The molecule has 1 atom stereocenters. The Morgan fingerprint density at radius 1 is 1.04 bits per heavy atom. The summed E-state index contributed by atoms with van der Waals surface area (Å²) in [7, 11) is 0. The predicted molar refractivity (Wildman–Crippen MR) is 99.7 cm³/mol. The number of amides is 1. The molecule has 1 saturated carbocycles. The van der Waals surface area contributed by atoms with Gasteiger partial charge in [-0.15, -0.1) is 0 Å². The molecule has 1 aromatic carbocycles. The largest absolute Gasteiger partial charge is 0.383 e. The summed E-state index contributed by atoms with van der Waals surface area (Å²) in [5.41, 5.74) is 1.78. The lowest BCUT2D eigenvalue weighted by molar-refractivity contribution is -0.125. The molecular formula is C20H30N2O3. The zero-order valence-corrected chi connectivity index (χ0v) is 14.9. The highest BCUT2D eigenvalue weighted by Crippen LogP contribution is 2.27. The highest BCUT2D eigenvalue weighted by atomic mass is 16.5. The summed E-state index contributed by atoms with van der Waals surface area (Å²) in [5.74, 6) is 0.191. The van der Waals surface area contributed by atoms with E-state index in [2.05, 4.69) is 10.6 Å². The number of benzene rings is 1. The quantitative estimate of drug-likeness (QED) is 0.737. The lowest BCUT2D eigenvalue weighted by Gasteiger charge is -2.24. The Balaban J connectivity index is 1.45. The first kappa shape index (κ1) is 18.2. The van der Waals surface area contributed by atoms with Gasteiger partial charge in [-0.2, -0.15) is 0 Å². The number of hydrogen-bond donors (Lipinski definition) is 3. The van der Waals surface area contributed by atoms with Gasteiger partial charge in [0.1, 0.15) is 6.10 Å². The molecule has 3 rings (SSSR count). The van der Waals surface area contributed by atoms with Crippen LogP contribution in [0.1, 0.15) is 51.4 Å². The molecule has 1 amide bonds. The van der Waals surface area contributed by atoms with Crippen LogP contribution in [0, 0.1) is 5.92 Å². The van der Waals surface area contributed by atoms with Crippen molar-refractivity contribution in [3.63, 3.8) is 0 Å². The molecule has 3 N–H and O–H groups in total. The number of anilines is 2. The van der Waals surface area contributed by atoms with Gasteiger partial charge in [-0.25, -0.2) is 0 Å². The van der Waals surface area contributed by atoms with E-state index < -0.39 is 6.10 Å². The Bertz CT molecular complexity index is 534. The van der Waals surface area contributed by atoms with Crippen molar-refractivity contribution in [2.75, 3.05) is 23.8 Å². The summed E-state index contributed by atoms with van der Waals surface area (Å²) >= 11 is 0. The fourth-order valence-electron chi connectivity index (χ4n) is 3.80. The van der Waals surface area contributed by atoms with E-state index in [-0.39, 0.29) is 5.91 Å². The van der Waals surface area contributed by atoms with E-state index in [1.165, 1.54) is 19.3 Å². The second-order valence-corrected chi connectivity index (χ2v) is 7.35. The minimum absolute atomic E-state index is 0.296. The molecule has 25 heavy (non-hydrogen) atoms. The zero-order valence-electron chi connectivity index (χ0n) is 14.9. The van der Waals surface area contributed by atoms with Crippen molar-refractivity contribution in [2.45, 2.75) is 63.5 Å². The molecule has 2 aliphatic rings. The molecule has 0 spiro atoms. The summed E-state index contributed by atoms with van der Waals surface area (Å²) < 4.78 is 5.37. The minimum atomic E-state index is -0.914. The third kappa shape index (κ3) is 5.72. The molecule has 1 heterocycles. The maximum Gasteiger partial charge on any atom is 0.253 e. The number of rotatable bonds is 6. The smallest absolute Gasteiger partial charge is 0.253 e. The van der Waals surface area contributed by atoms with Gasteiger partial charge < -0.3 is 20.5 Å². The van der Waals surface area contributed by atoms with Gasteiger partial charge >= 0.3 is 0 Å². The highest BCUT2D eigenvalue weighted by molar-refractivity contribution is 5.94. The molecule has 0 bridgehead atoms. The molecule has 1 aliphatic heterocycles. The van der Waals surface area contributed by atoms with Crippen LogP contribution in [0.2, 0.25) is 0 Å².